The van der Waals surface area contributed by atoms with Crippen molar-refractivity contribution in [3.63, 3.8) is 0 Å². The van der Waals surface area contributed by atoms with E-state index < -0.39 is 0 Å². The Morgan fingerprint density at radius 2 is 2.15 bits per heavy atom. The topological polar surface area (TPSA) is 32.8 Å². The average molecular weight is 184 g/mol. The molecule has 2 fully saturated rings. The quantitative estimate of drug-likeness (QED) is 0.546. The number of likely N-dealkylation sites (tertiary alicyclic amines) is 1. The molecule has 0 aromatic heterocycles. The second-order valence-electron chi connectivity index (χ2n) is 4.11. The Hall–Kier alpha value is -0.770. The van der Waals surface area contributed by atoms with Gasteiger partial charge < -0.3 is 14.5 Å². The molecule has 4 nitrogen and oxygen atoms in total. The second-order valence-corrected chi connectivity index (χ2v) is 4.11. The van der Waals surface area contributed by atoms with E-state index >= 15 is 0 Å². The third-order valence-electron chi connectivity index (χ3n) is 2.97. The number of fused-ring (bicyclic) bond motifs is 1. The molecular weight excluding hydrogens is 168 g/mol. The second kappa shape index (κ2) is 3.18. The Bertz CT molecular complexity index is 220. The standard InChI is InChI=1S/C9H16N2O2/c1-10-4-3-7-5-11(2)9(12)13-8(7)6-10/h7-8H,3-6H2,1-2H3/t7?,8-/m1/s1. The van der Waals surface area contributed by atoms with Crippen molar-refractivity contribution in [3.8, 4) is 0 Å². The lowest BCUT2D eigenvalue weighted by atomic mass is 9.92. The largest absolute Gasteiger partial charge is 0.444 e. The number of carbonyl (C=O) groups excluding carboxylic acids is 1. The number of rotatable bonds is 0. The van der Waals surface area contributed by atoms with Gasteiger partial charge in [0.25, 0.3) is 0 Å². The zero-order valence-corrected chi connectivity index (χ0v) is 8.19. The van der Waals surface area contributed by atoms with Gasteiger partial charge in [-0.05, 0) is 20.0 Å². The maximum atomic E-state index is 11.2. The van der Waals surface area contributed by atoms with E-state index in [0.717, 1.165) is 26.1 Å². The highest BCUT2D eigenvalue weighted by molar-refractivity contribution is 5.68. The first-order valence-corrected chi connectivity index (χ1v) is 4.77. The Morgan fingerprint density at radius 3 is 2.92 bits per heavy atom. The summed E-state index contributed by atoms with van der Waals surface area (Å²) in [4.78, 5) is 15.1. The molecule has 13 heavy (non-hydrogen) atoms. The summed E-state index contributed by atoms with van der Waals surface area (Å²) in [5.41, 5.74) is 0. The Morgan fingerprint density at radius 1 is 1.38 bits per heavy atom. The Kier molecular flexibility index (Phi) is 2.15. The van der Waals surface area contributed by atoms with Gasteiger partial charge in [0.1, 0.15) is 6.10 Å². The highest BCUT2D eigenvalue weighted by Gasteiger charge is 2.36. The molecule has 0 radical (unpaired) electrons. The van der Waals surface area contributed by atoms with Gasteiger partial charge in [-0.25, -0.2) is 4.79 Å². The van der Waals surface area contributed by atoms with Crippen molar-refractivity contribution in [1.29, 1.82) is 0 Å². The third-order valence-corrected chi connectivity index (χ3v) is 2.97. The average Bonchev–Trinajstić information content (AvgIpc) is 2.08. The molecule has 0 aromatic carbocycles. The van der Waals surface area contributed by atoms with Gasteiger partial charge in [0, 0.05) is 26.1 Å². The normalized spacial score (nSPS) is 35.5. The van der Waals surface area contributed by atoms with Crippen LogP contribution in [0.1, 0.15) is 6.42 Å². The summed E-state index contributed by atoms with van der Waals surface area (Å²) < 4.78 is 5.32. The van der Waals surface area contributed by atoms with Crippen molar-refractivity contribution in [1.82, 2.24) is 9.80 Å². The molecule has 0 bridgehead atoms. The highest BCUT2D eigenvalue weighted by Crippen LogP contribution is 2.24. The van der Waals surface area contributed by atoms with Gasteiger partial charge in [0.15, 0.2) is 0 Å². The SMILES string of the molecule is CN1CCC2CN(C)C(=O)O[C@@H]2C1. The van der Waals surface area contributed by atoms with Crippen LogP contribution in [0.4, 0.5) is 4.79 Å². The molecule has 2 rings (SSSR count). The van der Waals surface area contributed by atoms with E-state index in [2.05, 4.69) is 11.9 Å². The molecular formula is C9H16N2O2. The summed E-state index contributed by atoms with van der Waals surface area (Å²) in [5, 5.41) is 0. The molecule has 0 saturated carbocycles. The van der Waals surface area contributed by atoms with E-state index in [-0.39, 0.29) is 12.2 Å². The van der Waals surface area contributed by atoms with Crippen LogP contribution in [0.15, 0.2) is 0 Å². The van der Waals surface area contributed by atoms with Gasteiger partial charge in [-0.2, -0.15) is 0 Å². The molecule has 2 aliphatic heterocycles. The van der Waals surface area contributed by atoms with Gasteiger partial charge in [-0.15, -0.1) is 0 Å². The van der Waals surface area contributed by atoms with Crippen molar-refractivity contribution in [2.45, 2.75) is 12.5 Å². The molecule has 0 spiro atoms. The van der Waals surface area contributed by atoms with Crippen LogP contribution in [0.3, 0.4) is 0 Å². The highest BCUT2D eigenvalue weighted by atomic mass is 16.6. The van der Waals surface area contributed by atoms with E-state index in [1.165, 1.54) is 0 Å². The van der Waals surface area contributed by atoms with Crippen LogP contribution in [-0.2, 0) is 4.74 Å². The minimum absolute atomic E-state index is 0.127. The lowest BCUT2D eigenvalue weighted by Gasteiger charge is -2.41. The van der Waals surface area contributed by atoms with Crippen LogP contribution >= 0.6 is 0 Å². The minimum atomic E-state index is -0.170. The monoisotopic (exact) mass is 184 g/mol. The zero-order valence-electron chi connectivity index (χ0n) is 8.19. The van der Waals surface area contributed by atoms with Gasteiger partial charge in [-0.1, -0.05) is 0 Å². The maximum Gasteiger partial charge on any atom is 0.409 e. The smallest absolute Gasteiger partial charge is 0.409 e. The number of nitrogens with zero attached hydrogens (tertiary/aromatic N) is 2. The Labute approximate surface area is 78.4 Å². The van der Waals surface area contributed by atoms with Crippen LogP contribution in [0.2, 0.25) is 0 Å². The van der Waals surface area contributed by atoms with Crippen molar-refractivity contribution < 1.29 is 9.53 Å². The van der Waals surface area contributed by atoms with Gasteiger partial charge in [-0.3, -0.25) is 0 Å². The van der Waals surface area contributed by atoms with Crippen LogP contribution in [-0.4, -0.2) is 55.7 Å². The summed E-state index contributed by atoms with van der Waals surface area (Å²) in [7, 11) is 3.87. The number of likely N-dealkylation sites (N-methyl/N-ethyl adjacent to an activating group) is 1. The summed E-state index contributed by atoms with van der Waals surface area (Å²) in [6.07, 6.45) is 1.10. The molecule has 2 saturated heterocycles. The molecule has 2 heterocycles. The van der Waals surface area contributed by atoms with Crippen LogP contribution < -0.4 is 0 Å². The summed E-state index contributed by atoms with van der Waals surface area (Å²) in [6, 6.07) is 0. The first-order chi connectivity index (χ1) is 6.16. The molecule has 4 heteroatoms. The molecule has 1 unspecified atom stereocenters. The number of piperidine rings is 1. The predicted molar refractivity (Wildman–Crippen MR) is 48.5 cm³/mol. The fourth-order valence-corrected chi connectivity index (χ4v) is 2.11. The van der Waals surface area contributed by atoms with E-state index in [4.69, 9.17) is 4.74 Å². The fraction of sp³-hybridized carbons (Fsp3) is 0.889. The first-order valence-electron chi connectivity index (χ1n) is 4.77. The Balaban J connectivity index is 2.02. The zero-order chi connectivity index (χ0) is 9.42. The summed E-state index contributed by atoms with van der Waals surface area (Å²) in [6.45, 7) is 2.87. The van der Waals surface area contributed by atoms with Crippen LogP contribution in [0, 0.1) is 5.92 Å². The number of carbonyl (C=O) groups is 1. The van der Waals surface area contributed by atoms with E-state index in [1.54, 1.807) is 11.9 Å². The predicted octanol–water partition coefficient (Wildman–Crippen LogP) is 0.389. The fourth-order valence-electron chi connectivity index (χ4n) is 2.11. The van der Waals surface area contributed by atoms with E-state index in [9.17, 15) is 4.79 Å². The van der Waals surface area contributed by atoms with Crippen molar-refractivity contribution >= 4 is 6.09 Å². The molecule has 1 amide bonds. The third kappa shape index (κ3) is 1.63. The van der Waals surface area contributed by atoms with Crippen molar-refractivity contribution in [2.75, 3.05) is 33.7 Å². The lowest BCUT2D eigenvalue weighted by molar-refractivity contribution is -0.0403. The number of ether oxygens (including phenoxy) is 1. The molecule has 74 valence electrons. The van der Waals surface area contributed by atoms with Crippen LogP contribution in [0.5, 0.6) is 0 Å². The van der Waals surface area contributed by atoms with Gasteiger partial charge in [0.2, 0.25) is 0 Å². The molecule has 0 aliphatic carbocycles. The van der Waals surface area contributed by atoms with Gasteiger partial charge >= 0.3 is 6.09 Å². The number of amides is 1. The molecule has 0 aromatic rings. The lowest BCUT2D eigenvalue weighted by Crippen LogP contribution is -2.53. The molecule has 2 atom stereocenters. The van der Waals surface area contributed by atoms with Crippen molar-refractivity contribution in [3.05, 3.63) is 0 Å². The maximum absolute atomic E-state index is 11.2. The minimum Gasteiger partial charge on any atom is -0.444 e. The van der Waals surface area contributed by atoms with E-state index in [0.29, 0.717) is 5.92 Å². The van der Waals surface area contributed by atoms with E-state index in [1.807, 2.05) is 0 Å². The summed E-state index contributed by atoms with van der Waals surface area (Å²) >= 11 is 0. The molecule has 0 N–H and O–H groups in total. The number of hydrogen-bond acceptors (Lipinski definition) is 3. The number of hydrogen-bond donors (Lipinski definition) is 0. The summed E-state index contributed by atoms with van der Waals surface area (Å²) in [5.74, 6) is 0.541. The molecule has 2 aliphatic rings. The first kappa shape index (κ1) is 8.81. The van der Waals surface area contributed by atoms with Crippen molar-refractivity contribution in [2.24, 2.45) is 5.92 Å². The van der Waals surface area contributed by atoms with Crippen LogP contribution in [0.25, 0.3) is 0 Å². The van der Waals surface area contributed by atoms with Gasteiger partial charge in [0.05, 0.1) is 0 Å².